The van der Waals surface area contributed by atoms with Crippen LogP contribution in [0.1, 0.15) is 18.4 Å². The molecule has 1 aliphatic rings. The van der Waals surface area contributed by atoms with E-state index in [-0.39, 0.29) is 5.91 Å². The lowest BCUT2D eigenvalue weighted by molar-refractivity contribution is -0.118. The molecule has 0 aliphatic carbocycles. The van der Waals surface area contributed by atoms with Crippen molar-refractivity contribution in [2.75, 3.05) is 31.6 Å². The number of benzene rings is 1. The third kappa shape index (κ3) is 5.36. The van der Waals surface area contributed by atoms with Gasteiger partial charge in [-0.05, 0) is 37.3 Å². The van der Waals surface area contributed by atoms with E-state index < -0.39 is 10.0 Å². The summed E-state index contributed by atoms with van der Waals surface area (Å²) in [5.74, 6) is 0.584. The van der Waals surface area contributed by atoms with Crippen LogP contribution in [-0.2, 0) is 14.8 Å². The summed E-state index contributed by atoms with van der Waals surface area (Å²) >= 11 is 1.41. The molecule has 0 saturated carbocycles. The van der Waals surface area contributed by atoms with Crippen molar-refractivity contribution in [3.63, 3.8) is 0 Å². The average Bonchev–Trinajstić information content (AvgIpc) is 3.13. The maximum atomic E-state index is 12.2. The fourth-order valence-electron chi connectivity index (χ4n) is 3.30. The highest BCUT2D eigenvalue weighted by Crippen LogP contribution is 2.22. The zero-order valence-electron chi connectivity index (χ0n) is 16.2. The summed E-state index contributed by atoms with van der Waals surface area (Å²) < 4.78 is 26.6. The van der Waals surface area contributed by atoms with Crippen LogP contribution in [0.3, 0.4) is 0 Å². The van der Waals surface area contributed by atoms with Crippen LogP contribution in [0.15, 0.2) is 41.8 Å². The quantitative estimate of drug-likeness (QED) is 0.691. The molecular formula is C19H26N4O3S2. The number of carbonyl (C=O) groups is 1. The number of rotatable bonds is 7. The molecule has 2 heterocycles. The molecular weight excluding hydrogens is 396 g/mol. The lowest BCUT2D eigenvalue weighted by Gasteiger charge is -2.30. The van der Waals surface area contributed by atoms with E-state index >= 15 is 0 Å². The number of hydrogen-bond donors (Lipinski definition) is 1. The molecule has 0 atom stereocenters. The lowest BCUT2D eigenvalue weighted by atomic mass is 9.98. The third-order valence-corrected chi connectivity index (χ3v) is 7.21. The second-order valence-corrected chi connectivity index (χ2v) is 9.99. The minimum absolute atomic E-state index is 0.0325. The Labute approximate surface area is 170 Å². The molecule has 0 spiro atoms. The van der Waals surface area contributed by atoms with Gasteiger partial charge in [0.05, 0.1) is 17.7 Å². The molecule has 0 radical (unpaired) electrons. The van der Waals surface area contributed by atoms with Crippen molar-refractivity contribution >= 4 is 27.7 Å². The Morgan fingerprint density at radius 1 is 1.29 bits per heavy atom. The van der Waals surface area contributed by atoms with Gasteiger partial charge in [0.2, 0.25) is 15.9 Å². The Balaban J connectivity index is 1.46. The molecule has 9 heteroatoms. The number of thioether (sulfide) groups is 1. The van der Waals surface area contributed by atoms with E-state index in [1.165, 1.54) is 22.3 Å². The predicted molar refractivity (Wildman–Crippen MR) is 111 cm³/mol. The molecule has 3 rings (SSSR count). The molecule has 1 fully saturated rings. The molecule has 1 aromatic carbocycles. The number of hydrogen-bond acceptors (Lipinski definition) is 5. The Hall–Kier alpha value is -1.84. The van der Waals surface area contributed by atoms with Gasteiger partial charge in [-0.3, -0.25) is 9.36 Å². The van der Waals surface area contributed by atoms with Gasteiger partial charge in [0, 0.05) is 32.0 Å². The summed E-state index contributed by atoms with van der Waals surface area (Å²) in [6.07, 6.45) is 6.43. The van der Waals surface area contributed by atoms with E-state index in [0.717, 1.165) is 29.2 Å². The van der Waals surface area contributed by atoms with Gasteiger partial charge in [0.25, 0.3) is 0 Å². The maximum absolute atomic E-state index is 12.2. The van der Waals surface area contributed by atoms with Gasteiger partial charge < -0.3 is 5.32 Å². The summed E-state index contributed by atoms with van der Waals surface area (Å²) in [7, 11) is -3.11. The first-order valence-corrected chi connectivity index (χ1v) is 12.1. The summed E-state index contributed by atoms with van der Waals surface area (Å²) in [4.78, 5) is 16.6. The fourth-order valence-corrected chi connectivity index (χ4v) is 4.97. The number of aromatic nitrogens is 2. The van der Waals surface area contributed by atoms with Gasteiger partial charge >= 0.3 is 0 Å². The van der Waals surface area contributed by atoms with Crippen LogP contribution >= 0.6 is 11.8 Å². The molecule has 0 bridgehead atoms. The molecule has 1 amide bonds. The number of carbonyl (C=O) groups excluding carboxylic acids is 1. The van der Waals surface area contributed by atoms with Gasteiger partial charge in [-0.2, -0.15) is 0 Å². The minimum Gasteiger partial charge on any atom is -0.355 e. The summed E-state index contributed by atoms with van der Waals surface area (Å²) in [6, 6.07) is 8.06. The maximum Gasteiger partial charge on any atom is 0.230 e. The summed E-state index contributed by atoms with van der Waals surface area (Å²) in [5, 5.41) is 3.76. The standard InChI is InChI=1S/C19H26N4O3S2/c1-15-5-3-4-6-17(15)23-12-9-20-19(23)27-14-18(24)21-13-16-7-10-22(11-8-16)28(2,25)26/h3-6,9,12,16H,7-8,10-11,13-14H2,1-2H3,(H,21,24). The minimum atomic E-state index is -3.11. The van der Waals surface area contributed by atoms with Crippen LogP contribution in [0.4, 0.5) is 0 Å². The van der Waals surface area contributed by atoms with E-state index in [9.17, 15) is 13.2 Å². The van der Waals surface area contributed by atoms with E-state index in [0.29, 0.717) is 31.3 Å². The highest BCUT2D eigenvalue weighted by atomic mass is 32.2. The summed E-state index contributed by atoms with van der Waals surface area (Å²) in [6.45, 7) is 3.69. The number of aryl methyl sites for hydroxylation is 1. The number of piperidine rings is 1. The normalized spacial score (nSPS) is 16.2. The van der Waals surface area contributed by atoms with Gasteiger partial charge in [-0.15, -0.1) is 0 Å². The average molecular weight is 423 g/mol. The number of nitrogens with one attached hydrogen (secondary N) is 1. The van der Waals surface area contributed by atoms with E-state index in [1.54, 1.807) is 6.20 Å². The number of nitrogens with zero attached hydrogens (tertiary/aromatic N) is 3. The zero-order valence-corrected chi connectivity index (χ0v) is 17.8. The first kappa shape index (κ1) is 20.9. The largest absolute Gasteiger partial charge is 0.355 e. The fraction of sp³-hybridized carbons (Fsp3) is 0.474. The van der Waals surface area contributed by atoms with Gasteiger partial charge in [0.1, 0.15) is 0 Å². The molecule has 0 unspecified atom stereocenters. The highest BCUT2D eigenvalue weighted by Gasteiger charge is 2.25. The second-order valence-electron chi connectivity index (χ2n) is 7.06. The Bertz CT molecular complexity index is 919. The van der Waals surface area contributed by atoms with Crippen LogP contribution in [0.25, 0.3) is 5.69 Å². The third-order valence-electron chi connectivity index (χ3n) is 4.94. The van der Waals surface area contributed by atoms with Crippen molar-refractivity contribution in [3.8, 4) is 5.69 Å². The van der Waals surface area contributed by atoms with E-state index in [4.69, 9.17) is 0 Å². The summed E-state index contributed by atoms with van der Waals surface area (Å²) in [5.41, 5.74) is 2.20. The lowest BCUT2D eigenvalue weighted by Crippen LogP contribution is -2.41. The number of sulfonamides is 1. The molecule has 2 aromatic rings. The van der Waals surface area contributed by atoms with Crippen LogP contribution in [0.5, 0.6) is 0 Å². The molecule has 7 nitrogen and oxygen atoms in total. The highest BCUT2D eigenvalue weighted by molar-refractivity contribution is 7.99. The first-order chi connectivity index (χ1) is 13.3. The van der Waals surface area contributed by atoms with Crippen LogP contribution < -0.4 is 5.32 Å². The Morgan fingerprint density at radius 2 is 2.00 bits per heavy atom. The molecule has 28 heavy (non-hydrogen) atoms. The van der Waals surface area contributed by atoms with Crippen LogP contribution in [0, 0.1) is 12.8 Å². The van der Waals surface area contributed by atoms with Crippen molar-refractivity contribution in [1.29, 1.82) is 0 Å². The smallest absolute Gasteiger partial charge is 0.230 e. The molecule has 1 aliphatic heterocycles. The van der Waals surface area contributed by atoms with Crippen molar-refractivity contribution < 1.29 is 13.2 Å². The van der Waals surface area contributed by atoms with Gasteiger partial charge in [0.15, 0.2) is 5.16 Å². The van der Waals surface area contributed by atoms with Crippen molar-refractivity contribution in [2.45, 2.75) is 24.9 Å². The SMILES string of the molecule is Cc1ccccc1-n1ccnc1SCC(=O)NCC1CCN(S(C)(=O)=O)CC1. The van der Waals surface area contributed by atoms with E-state index in [2.05, 4.69) is 10.3 Å². The van der Waals surface area contributed by atoms with Crippen LogP contribution in [0.2, 0.25) is 0 Å². The number of para-hydroxylation sites is 1. The van der Waals surface area contributed by atoms with Crippen molar-refractivity contribution in [2.24, 2.45) is 5.92 Å². The molecule has 152 valence electrons. The Morgan fingerprint density at radius 3 is 2.68 bits per heavy atom. The van der Waals surface area contributed by atoms with Crippen molar-refractivity contribution in [1.82, 2.24) is 19.2 Å². The van der Waals surface area contributed by atoms with Gasteiger partial charge in [-0.25, -0.2) is 17.7 Å². The molecule has 1 saturated heterocycles. The first-order valence-electron chi connectivity index (χ1n) is 9.28. The topological polar surface area (TPSA) is 84.3 Å². The predicted octanol–water partition coefficient (Wildman–Crippen LogP) is 2.06. The zero-order chi connectivity index (χ0) is 20.1. The Kier molecular flexibility index (Phi) is 6.79. The number of amides is 1. The van der Waals surface area contributed by atoms with Crippen LogP contribution in [-0.4, -0.2) is 59.8 Å². The number of imidazole rings is 1. The van der Waals surface area contributed by atoms with Crippen molar-refractivity contribution in [3.05, 3.63) is 42.2 Å². The molecule has 1 N–H and O–H groups in total. The molecule has 1 aromatic heterocycles. The second kappa shape index (κ2) is 9.11. The van der Waals surface area contributed by atoms with Gasteiger partial charge in [-0.1, -0.05) is 30.0 Å². The van der Waals surface area contributed by atoms with E-state index in [1.807, 2.05) is 42.0 Å². The monoisotopic (exact) mass is 422 g/mol.